The molecule has 0 amide bonds. The van der Waals surface area contributed by atoms with E-state index in [1.54, 1.807) is 12.1 Å². The average Bonchev–Trinajstić information content (AvgIpc) is 2.68. The van der Waals surface area contributed by atoms with Crippen LogP contribution in [0.5, 0.6) is 0 Å². The van der Waals surface area contributed by atoms with Crippen LogP contribution in [0.3, 0.4) is 0 Å². The number of hydrogen-bond acceptors (Lipinski definition) is 3. The number of benzene rings is 1. The molecular formula is C12H11FO2S. The van der Waals surface area contributed by atoms with Crippen LogP contribution in [-0.2, 0) is 4.74 Å². The molecule has 0 aliphatic rings. The fourth-order valence-corrected chi connectivity index (χ4v) is 2.32. The van der Waals surface area contributed by atoms with Crippen LogP contribution in [0.2, 0.25) is 0 Å². The van der Waals surface area contributed by atoms with E-state index in [9.17, 15) is 9.18 Å². The first-order valence-electron chi connectivity index (χ1n) is 5.07. The van der Waals surface area contributed by atoms with Gasteiger partial charge in [-0.15, -0.1) is 11.3 Å². The minimum absolute atomic E-state index is 0.293. The zero-order valence-corrected chi connectivity index (χ0v) is 9.64. The Bertz CT molecular complexity index is 519. The fraction of sp³-hybridized carbons (Fsp3) is 0.250. The van der Waals surface area contributed by atoms with E-state index in [0.717, 1.165) is 16.5 Å². The molecule has 0 bridgehead atoms. The van der Waals surface area contributed by atoms with Gasteiger partial charge in [-0.2, -0.15) is 0 Å². The predicted molar refractivity (Wildman–Crippen MR) is 62.4 cm³/mol. The highest BCUT2D eigenvalue weighted by Crippen LogP contribution is 2.26. The first-order valence-corrected chi connectivity index (χ1v) is 5.88. The zero-order chi connectivity index (χ0) is 11.5. The summed E-state index contributed by atoms with van der Waals surface area (Å²) in [6, 6.07) is 6.15. The Balaban J connectivity index is 2.28. The van der Waals surface area contributed by atoms with Crippen molar-refractivity contribution in [3.63, 3.8) is 0 Å². The monoisotopic (exact) mass is 238 g/mol. The molecule has 4 heteroatoms. The quantitative estimate of drug-likeness (QED) is 0.763. The summed E-state index contributed by atoms with van der Waals surface area (Å²) >= 11 is 1.32. The van der Waals surface area contributed by atoms with Crippen molar-refractivity contribution in [2.75, 3.05) is 6.61 Å². The van der Waals surface area contributed by atoms with E-state index in [2.05, 4.69) is 0 Å². The third-order valence-corrected chi connectivity index (χ3v) is 3.21. The van der Waals surface area contributed by atoms with Gasteiger partial charge in [0.05, 0.1) is 6.61 Å². The largest absolute Gasteiger partial charge is 0.462 e. The molecule has 1 aromatic heterocycles. The molecule has 0 N–H and O–H groups in total. The van der Waals surface area contributed by atoms with Crippen LogP contribution in [0.4, 0.5) is 4.39 Å². The van der Waals surface area contributed by atoms with E-state index in [0.29, 0.717) is 11.5 Å². The minimum Gasteiger partial charge on any atom is -0.462 e. The van der Waals surface area contributed by atoms with Crippen LogP contribution in [0, 0.1) is 5.82 Å². The summed E-state index contributed by atoms with van der Waals surface area (Å²) in [4.78, 5) is 12.1. The molecular weight excluding hydrogens is 227 g/mol. The van der Waals surface area contributed by atoms with Crippen molar-refractivity contribution in [2.45, 2.75) is 13.3 Å². The molecule has 1 heterocycles. The summed E-state index contributed by atoms with van der Waals surface area (Å²) < 4.78 is 18.8. The topological polar surface area (TPSA) is 26.3 Å². The van der Waals surface area contributed by atoms with Crippen LogP contribution in [-0.4, -0.2) is 12.6 Å². The summed E-state index contributed by atoms with van der Waals surface area (Å²) in [7, 11) is 0. The number of ether oxygens (including phenoxy) is 1. The van der Waals surface area contributed by atoms with E-state index in [1.807, 2.05) is 6.92 Å². The molecule has 0 fully saturated rings. The maximum atomic E-state index is 12.9. The van der Waals surface area contributed by atoms with Crippen LogP contribution in [0.1, 0.15) is 23.0 Å². The van der Waals surface area contributed by atoms with Gasteiger partial charge in [0.1, 0.15) is 10.7 Å². The zero-order valence-electron chi connectivity index (χ0n) is 8.83. The van der Waals surface area contributed by atoms with Crippen molar-refractivity contribution < 1.29 is 13.9 Å². The van der Waals surface area contributed by atoms with E-state index in [1.165, 1.54) is 23.5 Å². The van der Waals surface area contributed by atoms with Gasteiger partial charge in [-0.1, -0.05) is 6.92 Å². The van der Waals surface area contributed by atoms with Gasteiger partial charge >= 0.3 is 5.97 Å². The second-order valence-electron chi connectivity index (χ2n) is 3.43. The van der Waals surface area contributed by atoms with Crippen molar-refractivity contribution in [3.8, 4) is 0 Å². The number of rotatable bonds is 3. The van der Waals surface area contributed by atoms with Crippen molar-refractivity contribution in [3.05, 3.63) is 35.0 Å². The van der Waals surface area contributed by atoms with Gasteiger partial charge < -0.3 is 4.74 Å². The highest BCUT2D eigenvalue weighted by atomic mass is 32.1. The number of carbonyl (C=O) groups is 1. The number of hydrogen-bond donors (Lipinski definition) is 0. The van der Waals surface area contributed by atoms with Gasteiger partial charge in [-0.05, 0) is 36.1 Å². The molecule has 1 aromatic carbocycles. The second-order valence-corrected chi connectivity index (χ2v) is 4.51. The summed E-state index contributed by atoms with van der Waals surface area (Å²) in [5.74, 6) is -0.623. The molecule has 0 saturated carbocycles. The Hall–Kier alpha value is -1.42. The Kier molecular flexibility index (Phi) is 3.19. The molecule has 0 spiro atoms. The molecule has 0 radical (unpaired) electrons. The second kappa shape index (κ2) is 4.61. The maximum Gasteiger partial charge on any atom is 0.348 e. The molecule has 0 saturated heterocycles. The third-order valence-electron chi connectivity index (χ3n) is 2.12. The molecule has 2 nitrogen and oxygen atoms in total. The average molecular weight is 238 g/mol. The SMILES string of the molecule is CCCOC(=O)c1cc2cc(F)ccc2s1. The van der Waals surface area contributed by atoms with Gasteiger partial charge in [0, 0.05) is 4.70 Å². The van der Waals surface area contributed by atoms with E-state index in [-0.39, 0.29) is 11.8 Å². The van der Waals surface area contributed by atoms with Gasteiger partial charge in [0.2, 0.25) is 0 Å². The summed E-state index contributed by atoms with van der Waals surface area (Å²) in [6.07, 6.45) is 0.797. The van der Waals surface area contributed by atoms with Crippen LogP contribution in [0.25, 0.3) is 10.1 Å². The summed E-state index contributed by atoms with van der Waals surface area (Å²) in [5.41, 5.74) is 0. The Morgan fingerprint density at radius 3 is 3.00 bits per heavy atom. The molecule has 0 atom stereocenters. The number of esters is 1. The number of thiophene rings is 1. The number of fused-ring (bicyclic) bond motifs is 1. The van der Waals surface area contributed by atoms with Gasteiger partial charge in [-0.25, -0.2) is 9.18 Å². The first-order chi connectivity index (χ1) is 7.70. The Morgan fingerprint density at radius 1 is 1.44 bits per heavy atom. The highest BCUT2D eigenvalue weighted by Gasteiger charge is 2.11. The third kappa shape index (κ3) is 2.22. The van der Waals surface area contributed by atoms with Gasteiger partial charge in [0.25, 0.3) is 0 Å². The number of halogens is 1. The standard InChI is InChI=1S/C12H11FO2S/c1-2-5-15-12(14)11-7-8-6-9(13)3-4-10(8)16-11/h3-4,6-7H,2,5H2,1H3. The smallest absolute Gasteiger partial charge is 0.348 e. The molecule has 84 valence electrons. The van der Waals surface area contributed by atoms with Gasteiger partial charge in [0.15, 0.2) is 0 Å². The highest BCUT2D eigenvalue weighted by molar-refractivity contribution is 7.20. The van der Waals surface area contributed by atoms with Crippen LogP contribution in [0.15, 0.2) is 24.3 Å². The van der Waals surface area contributed by atoms with E-state index >= 15 is 0 Å². The van der Waals surface area contributed by atoms with Crippen LogP contribution < -0.4 is 0 Å². The van der Waals surface area contributed by atoms with Gasteiger partial charge in [-0.3, -0.25) is 0 Å². The molecule has 0 unspecified atom stereocenters. The lowest BCUT2D eigenvalue weighted by atomic mass is 10.2. The lowest BCUT2D eigenvalue weighted by molar-refractivity contribution is 0.0511. The first kappa shape index (κ1) is 11.1. The van der Waals surface area contributed by atoms with Crippen molar-refractivity contribution in [1.82, 2.24) is 0 Å². The van der Waals surface area contributed by atoms with Crippen molar-refractivity contribution in [1.29, 1.82) is 0 Å². The summed E-state index contributed by atoms with van der Waals surface area (Å²) in [5, 5.41) is 0.744. The fourth-order valence-electron chi connectivity index (χ4n) is 1.38. The molecule has 0 aliphatic carbocycles. The predicted octanol–water partition coefficient (Wildman–Crippen LogP) is 3.61. The van der Waals surface area contributed by atoms with E-state index < -0.39 is 0 Å². The van der Waals surface area contributed by atoms with E-state index in [4.69, 9.17) is 4.74 Å². The summed E-state index contributed by atoms with van der Waals surface area (Å²) in [6.45, 7) is 2.36. The van der Waals surface area contributed by atoms with Crippen molar-refractivity contribution in [2.24, 2.45) is 0 Å². The molecule has 0 aliphatic heterocycles. The Morgan fingerprint density at radius 2 is 2.25 bits per heavy atom. The molecule has 2 aromatic rings. The van der Waals surface area contributed by atoms with Crippen LogP contribution >= 0.6 is 11.3 Å². The molecule has 2 rings (SSSR count). The maximum absolute atomic E-state index is 12.9. The van der Waals surface area contributed by atoms with Crippen molar-refractivity contribution >= 4 is 27.4 Å². The lowest BCUT2D eigenvalue weighted by Gasteiger charge is -1.98. The Labute approximate surface area is 96.7 Å². The normalized spacial score (nSPS) is 10.6. The minimum atomic E-state index is -0.330. The number of carbonyl (C=O) groups excluding carboxylic acids is 1. The molecule has 16 heavy (non-hydrogen) atoms. The lowest BCUT2D eigenvalue weighted by Crippen LogP contribution is -2.03.